The van der Waals surface area contributed by atoms with E-state index in [0.29, 0.717) is 0 Å². The molecule has 2 amide bonds. The Morgan fingerprint density at radius 2 is 2.21 bits per heavy atom. The fourth-order valence-electron chi connectivity index (χ4n) is 3.06. The van der Waals surface area contributed by atoms with Crippen LogP contribution in [-0.2, 0) is 16.0 Å². The molecule has 1 unspecified atom stereocenters. The fourth-order valence-corrected chi connectivity index (χ4v) is 4.05. The number of amides is 2. The third-order valence-electron chi connectivity index (χ3n) is 3.96. The van der Waals surface area contributed by atoms with Crippen LogP contribution in [0, 0.1) is 0 Å². The SMILES string of the molecule is CC1(C)NC(=O)CN(C2CCCc3sccc32)C1=O. The van der Waals surface area contributed by atoms with Crippen molar-refractivity contribution in [1.82, 2.24) is 10.2 Å². The van der Waals surface area contributed by atoms with Gasteiger partial charge in [-0.15, -0.1) is 11.3 Å². The second-order valence-electron chi connectivity index (χ2n) is 5.81. The van der Waals surface area contributed by atoms with Crippen LogP contribution >= 0.6 is 11.3 Å². The summed E-state index contributed by atoms with van der Waals surface area (Å²) in [7, 11) is 0. The van der Waals surface area contributed by atoms with Gasteiger partial charge in [0.05, 0.1) is 6.04 Å². The Hall–Kier alpha value is -1.36. The van der Waals surface area contributed by atoms with E-state index in [1.165, 1.54) is 10.4 Å². The minimum absolute atomic E-state index is 0.0242. The summed E-state index contributed by atoms with van der Waals surface area (Å²) in [5, 5.41) is 4.85. The lowest BCUT2D eigenvalue weighted by Crippen LogP contribution is -2.64. The van der Waals surface area contributed by atoms with Gasteiger partial charge in [-0.2, -0.15) is 0 Å². The quantitative estimate of drug-likeness (QED) is 0.852. The second-order valence-corrected chi connectivity index (χ2v) is 6.81. The molecule has 0 saturated carbocycles. The highest BCUT2D eigenvalue weighted by atomic mass is 32.1. The van der Waals surface area contributed by atoms with Crippen molar-refractivity contribution in [2.45, 2.75) is 44.7 Å². The number of fused-ring (bicyclic) bond motifs is 1. The largest absolute Gasteiger partial charge is 0.341 e. The summed E-state index contributed by atoms with van der Waals surface area (Å²) in [6.45, 7) is 3.73. The highest BCUT2D eigenvalue weighted by Crippen LogP contribution is 2.38. The smallest absolute Gasteiger partial charge is 0.248 e. The number of rotatable bonds is 1. The number of hydrogen-bond donors (Lipinski definition) is 1. The van der Waals surface area contributed by atoms with Crippen LogP contribution in [0.3, 0.4) is 0 Å². The summed E-state index contributed by atoms with van der Waals surface area (Å²) in [6.07, 6.45) is 3.14. The fraction of sp³-hybridized carbons (Fsp3) is 0.571. The van der Waals surface area contributed by atoms with Gasteiger partial charge in [0.1, 0.15) is 12.1 Å². The summed E-state index contributed by atoms with van der Waals surface area (Å²) < 4.78 is 0. The Bertz CT molecular complexity index is 535. The maximum atomic E-state index is 12.5. The Morgan fingerprint density at radius 3 is 3.00 bits per heavy atom. The molecule has 1 aliphatic carbocycles. The predicted molar refractivity (Wildman–Crippen MR) is 73.9 cm³/mol. The van der Waals surface area contributed by atoms with Crippen molar-refractivity contribution in [1.29, 1.82) is 0 Å². The number of nitrogens with one attached hydrogen (secondary N) is 1. The first-order chi connectivity index (χ1) is 8.99. The molecule has 0 radical (unpaired) electrons. The first-order valence-electron chi connectivity index (χ1n) is 6.67. The summed E-state index contributed by atoms with van der Waals surface area (Å²) >= 11 is 1.76. The van der Waals surface area contributed by atoms with E-state index < -0.39 is 5.54 Å². The Kier molecular flexibility index (Phi) is 2.89. The second kappa shape index (κ2) is 4.34. The lowest BCUT2D eigenvalue weighted by atomic mass is 9.90. The maximum Gasteiger partial charge on any atom is 0.248 e. The van der Waals surface area contributed by atoms with Crippen molar-refractivity contribution in [2.75, 3.05) is 6.54 Å². The average molecular weight is 278 g/mol. The minimum Gasteiger partial charge on any atom is -0.341 e. The molecule has 3 rings (SSSR count). The molecule has 102 valence electrons. The molecule has 0 aromatic carbocycles. The number of piperazine rings is 1. The van der Waals surface area contributed by atoms with Crippen molar-refractivity contribution < 1.29 is 9.59 Å². The molecule has 5 heteroatoms. The molecular formula is C14H18N2O2S. The van der Waals surface area contributed by atoms with Crippen LogP contribution in [0.15, 0.2) is 11.4 Å². The van der Waals surface area contributed by atoms with Crippen molar-refractivity contribution >= 4 is 23.2 Å². The third-order valence-corrected chi connectivity index (χ3v) is 4.95. The van der Waals surface area contributed by atoms with Gasteiger partial charge >= 0.3 is 0 Å². The predicted octanol–water partition coefficient (Wildman–Crippen LogP) is 1.86. The minimum atomic E-state index is -0.789. The van der Waals surface area contributed by atoms with Crippen LogP contribution in [0.2, 0.25) is 0 Å². The van der Waals surface area contributed by atoms with Gasteiger partial charge in [-0.25, -0.2) is 0 Å². The molecule has 0 spiro atoms. The molecular weight excluding hydrogens is 260 g/mol. The van der Waals surface area contributed by atoms with Gasteiger partial charge in [-0.3, -0.25) is 9.59 Å². The van der Waals surface area contributed by atoms with Crippen molar-refractivity contribution in [3.8, 4) is 0 Å². The Labute approximate surface area is 116 Å². The van der Waals surface area contributed by atoms with Crippen LogP contribution in [0.1, 0.15) is 43.2 Å². The number of thiophene rings is 1. The summed E-state index contributed by atoms with van der Waals surface area (Å²) in [5.74, 6) is -0.0388. The van der Waals surface area contributed by atoms with Gasteiger partial charge in [0, 0.05) is 4.88 Å². The molecule has 1 fully saturated rings. The summed E-state index contributed by atoms with van der Waals surface area (Å²) in [4.78, 5) is 27.5. The summed E-state index contributed by atoms with van der Waals surface area (Å²) in [5.41, 5.74) is 0.457. The van der Waals surface area contributed by atoms with E-state index in [1.54, 1.807) is 30.1 Å². The Morgan fingerprint density at radius 1 is 1.42 bits per heavy atom. The molecule has 1 saturated heterocycles. The molecule has 19 heavy (non-hydrogen) atoms. The van der Waals surface area contributed by atoms with E-state index in [9.17, 15) is 9.59 Å². The van der Waals surface area contributed by atoms with E-state index in [1.807, 2.05) is 0 Å². The number of hydrogen-bond acceptors (Lipinski definition) is 3. The van der Waals surface area contributed by atoms with Crippen LogP contribution in [-0.4, -0.2) is 28.8 Å². The van der Waals surface area contributed by atoms with Gasteiger partial charge in [-0.05, 0) is 50.1 Å². The van der Waals surface area contributed by atoms with E-state index in [0.717, 1.165) is 19.3 Å². The van der Waals surface area contributed by atoms with E-state index in [2.05, 4.69) is 16.8 Å². The van der Waals surface area contributed by atoms with Crippen LogP contribution < -0.4 is 5.32 Å². The van der Waals surface area contributed by atoms with E-state index in [4.69, 9.17) is 0 Å². The molecule has 0 bridgehead atoms. The normalized spacial score (nSPS) is 26.0. The standard InChI is InChI=1S/C14H18N2O2S/c1-14(2)13(18)16(8-12(17)15-14)10-4-3-5-11-9(10)6-7-19-11/h6-7,10H,3-5,8H2,1-2H3,(H,15,17). The molecule has 2 aliphatic rings. The molecule has 4 nitrogen and oxygen atoms in total. The first kappa shape index (κ1) is 12.7. The lowest BCUT2D eigenvalue weighted by molar-refractivity contribution is -0.151. The van der Waals surface area contributed by atoms with Gasteiger partial charge in [-0.1, -0.05) is 0 Å². The molecule has 1 aliphatic heterocycles. The molecule has 2 heterocycles. The average Bonchev–Trinajstić information content (AvgIpc) is 2.81. The van der Waals surface area contributed by atoms with Crippen LogP contribution in [0.5, 0.6) is 0 Å². The molecule has 1 atom stereocenters. The molecule has 1 aromatic heterocycles. The zero-order valence-electron chi connectivity index (χ0n) is 11.2. The Balaban J connectivity index is 1.95. The topological polar surface area (TPSA) is 49.4 Å². The van der Waals surface area contributed by atoms with Crippen LogP contribution in [0.25, 0.3) is 0 Å². The third kappa shape index (κ3) is 2.06. The zero-order chi connectivity index (χ0) is 13.6. The van der Waals surface area contributed by atoms with Gasteiger partial charge in [0.25, 0.3) is 0 Å². The molecule has 1 aromatic rings. The number of nitrogens with zero attached hydrogens (tertiary/aromatic N) is 1. The monoisotopic (exact) mass is 278 g/mol. The van der Waals surface area contributed by atoms with Gasteiger partial charge < -0.3 is 10.2 Å². The van der Waals surface area contributed by atoms with Gasteiger partial charge in [0.15, 0.2) is 0 Å². The number of carbonyl (C=O) groups excluding carboxylic acids is 2. The van der Waals surface area contributed by atoms with Crippen molar-refractivity contribution in [3.63, 3.8) is 0 Å². The molecule has 1 N–H and O–H groups in total. The number of carbonyl (C=O) groups is 2. The van der Waals surface area contributed by atoms with Gasteiger partial charge in [0.2, 0.25) is 11.8 Å². The highest BCUT2D eigenvalue weighted by molar-refractivity contribution is 7.10. The van der Waals surface area contributed by atoms with Crippen LogP contribution in [0.4, 0.5) is 0 Å². The van der Waals surface area contributed by atoms with Crippen molar-refractivity contribution in [3.05, 3.63) is 21.9 Å². The lowest BCUT2D eigenvalue weighted by Gasteiger charge is -2.42. The highest BCUT2D eigenvalue weighted by Gasteiger charge is 2.43. The summed E-state index contributed by atoms with van der Waals surface area (Å²) in [6, 6.07) is 2.18. The van der Waals surface area contributed by atoms with E-state index >= 15 is 0 Å². The zero-order valence-corrected chi connectivity index (χ0v) is 12.0. The maximum absolute atomic E-state index is 12.5. The number of aryl methyl sites for hydroxylation is 1. The van der Waals surface area contributed by atoms with E-state index in [-0.39, 0.29) is 24.4 Å². The van der Waals surface area contributed by atoms with Crippen molar-refractivity contribution in [2.24, 2.45) is 0 Å². The first-order valence-corrected chi connectivity index (χ1v) is 7.55.